The minimum atomic E-state index is -0.133. The van der Waals surface area contributed by atoms with E-state index in [0.717, 1.165) is 18.8 Å². The molecule has 1 fully saturated rings. The molecule has 0 spiro atoms. The quantitative estimate of drug-likeness (QED) is 0.810. The van der Waals surface area contributed by atoms with E-state index in [1.54, 1.807) is 6.07 Å². The Kier molecular flexibility index (Phi) is 3.97. The van der Waals surface area contributed by atoms with Crippen LogP contribution in [0.15, 0.2) is 12.1 Å². The van der Waals surface area contributed by atoms with E-state index in [4.69, 9.17) is 17.3 Å². The Bertz CT molecular complexity index is 456. The first-order chi connectivity index (χ1) is 8.58. The zero-order chi connectivity index (χ0) is 13.1. The lowest BCUT2D eigenvalue weighted by Gasteiger charge is -2.30. The second-order valence-electron chi connectivity index (χ2n) is 4.62. The topological polar surface area (TPSA) is 58.4 Å². The Balaban J connectivity index is 2.30. The van der Waals surface area contributed by atoms with Crippen molar-refractivity contribution in [3.63, 3.8) is 0 Å². The summed E-state index contributed by atoms with van der Waals surface area (Å²) in [6.45, 7) is 3.48. The zero-order valence-corrected chi connectivity index (χ0v) is 11.3. The third-order valence-electron chi connectivity index (χ3n) is 3.12. The summed E-state index contributed by atoms with van der Waals surface area (Å²) in [5.41, 5.74) is 8.26. The van der Waals surface area contributed by atoms with Gasteiger partial charge in [-0.15, -0.1) is 0 Å². The van der Waals surface area contributed by atoms with Crippen LogP contribution >= 0.6 is 11.6 Å². The molecule has 1 amide bonds. The minimum absolute atomic E-state index is 0.133. The second-order valence-corrected chi connectivity index (χ2v) is 5.03. The van der Waals surface area contributed by atoms with Crippen molar-refractivity contribution in [1.29, 1.82) is 0 Å². The van der Waals surface area contributed by atoms with Crippen LogP contribution in [0.4, 0.5) is 17.1 Å². The summed E-state index contributed by atoms with van der Waals surface area (Å²) in [7, 11) is 0. The van der Waals surface area contributed by atoms with Crippen molar-refractivity contribution in [2.75, 3.05) is 29.0 Å². The summed E-state index contributed by atoms with van der Waals surface area (Å²) in [5, 5.41) is 3.20. The van der Waals surface area contributed by atoms with Crippen molar-refractivity contribution in [3.8, 4) is 0 Å². The highest BCUT2D eigenvalue weighted by Gasteiger charge is 2.16. The smallest absolute Gasteiger partial charge is 0.221 e. The average molecular weight is 268 g/mol. The normalized spacial score (nSPS) is 15.6. The molecule has 1 aromatic carbocycles. The SMILES string of the molecule is CC(=O)Nc1cc(N2CCCCC2)c(N)cc1Cl. The van der Waals surface area contributed by atoms with Crippen molar-refractivity contribution in [3.05, 3.63) is 17.2 Å². The molecule has 0 aliphatic carbocycles. The van der Waals surface area contributed by atoms with Gasteiger partial charge < -0.3 is 16.0 Å². The predicted octanol–water partition coefficient (Wildman–Crippen LogP) is 2.87. The number of hydrogen-bond donors (Lipinski definition) is 2. The lowest BCUT2D eigenvalue weighted by atomic mass is 10.1. The number of nitrogens with zero attached hydrogens (tertiary/aromatic N) is 1. The highest BCUT2D eigenvalue weighted by Crippen LogP contribution is 2.34. The molecule has 0 unspecified atom stereocenters. The molecule has 1 aliphatic heterocycles. The van der Waals surface area contributed by atoms with Gasteiger partial charge in [0.1, 0.15) is 0 Å². The molecule has 0 radical (unpaired) electrons. The first-order valence-electron chi connectivity index (χ1n) is 6.19. The second kappa shape index (κ2) is 5.48. The van der Waals surface area contributed by atoms with Crippen LogP contribution in [0, 0.1) is 0 Å². The molecule has 2 rings (SSSR count). The molecule has 1 aromatic rings. The van der Waals surface area contributed by atoms with Crippen LogP contribution in [-0.2, 0) is 4.79 Å². The number of rotatable bonds is 2. The number of piperidine rings is 1. The summed E-state index contributed by atoms with van der Waals surface area (Å²) >= 11 is 6.07. The number of hydrogen-bond acceptors (Lipinski definition) is 3. The van der Waals surface area contributed by atoms with Crippen molar-refractivity contribution in [2.45, 2.75) is 26.2 Å². The van der Waals surface area contributed by atoms with Gasteiger partial charge in [0.25, 0.3) is 0 Å². The molecule has 0 aromatic heterocycles. The van der Waals surface area contributed by atoms with Gasteiger partial charge in [-0.3, -0.25) is 4.79 Å². The maximum Gasteiger partial charge on any atom is 0.221 e. The standard InChI is InChI=1S/C13H18ClN3O/c1-9(18)16-12-8-13(11(15)7-10(12)14)17-5-3-2-4-6-17/h7-8H,2-6,15H2,1H3,(H,16,18). The zero-order valence-electron chi connectivity index (χ0n) is 10.5. The fraction of sp³-hybridized carbons (Fsp3) is 0.462. The van der Waals surface area contributed by atoms with Crippen LogP contribution in [0.1, 0.15) is 26.2 Å². The van der Waals surface area contributed by atoms with Crippen molar-refractivity contribution < 1.29 is 4.79 Å². The summed E-state index contributed by atoms with van der Waals surface area (Å²) in [5.74, 6) is -0.133. The molecule has 1 heterocycles. The van der Waals surface area contributed by atoms with Gasteiger partial charge in [-0.2, -0.15) is 0 Å². The van der Waals surface area contributed by atoms with E-state index in [1.165, 1.54) is 26.2 Å². The average Bonchev–Trinajstić information content (AvgIpc) is 2.33. The lowest BCUT2D eigenvalue weighted by molar-refractivity contribution is -0.114. The van der Waals surface area contributed by atoms with E-state index in [9.17, 15) is 4.79 Å². The molecule has 98 valence electrons. The number of carbonyl (C=O) groups is 1. The van der Waals surface area contributed by atoms with Gasteiger partial charge in [-0.25, -0.2) is 0 Å². The molecule has 0 bridgehead atoms. The van der Waals surface area contributed by atoms with Crippen molar-refractivity contribution in [1.82, 2.24) is 0 Å². The highest BCUT2D eigenvalue weighted by atomic mass is 35.5. The number of nitrogens with two attached hydrogens (primary N) is 1. The van der Waals surface area contributed by atoms with Crippen LogP contribution < -0.4 is 16.0 Å². The van der Waals surface area contributed by atoms with Gasteiger partial charge in [0.2, 0.25) is 5.91 Å². The third-order valence-corrected chi connectivity index (χ3v) is 3.44. The Morgan fingerprint density at radius 3 is 2.61 bits per heavy atom. The summed E-state index contributed by atoms with van der Waals surface area (Å²) in [4.78, 5) is 13.4. The van der Waals surface area contributed by atoms with Crippen LogP contribution in [0.2, 0.25) is 5.02 Å². The third kappa shape index (κ3) is 2.88. The van der Waals surface area contributed by atoms with E-state index in [-0.39, 0.29) is 5.91 Å². The van der Waals surface area contributed by atoms with Gasteiger partial charge in [-0.05, 0) is 31.4 Å². The highest BCUT2D eigenvalue weighted by molar-refractivity contribution is 6.34. The van der Waals surface area contributed by atoms with Gasteiger partial charge in [0.15, 0.2) is 0 Å². The molecule has 1 saturated heterocycles. The number of benzene rings is 1. The van der Waals surface area contributed by atoms with Crippen molar-refractivity contribution in [2.24, 2.45) is 0 Å². The number of amides is 1. The van der Waals surface area contributed by atoms with E-state index >= 15 is 0 Å². The fourth-order valence-electron chi connectivity index (χ4n) is 2.27. The Hall–Kier alpha value is -1.42. The molecule has 4 nitrogen and oxygen atoms in total. The number of carbonyl (C=O) groups excluding carboxylic acids is 1. The Labute approximate surface area is 112 Å². The number of nitrogen functional groups attached to an aromatic ring is 1. The monoisotopic (exact) mass is 267 g/mol. The van der Waals surface area contributed by atoms with E-state index in [2.05, 4.69) is 10.2 Å². The van der Waals surface area contributed by atoms with Crippen LogP contribution in [-0.4, -0.2) is 19.0 Å². The maximum absolute atomic E-state index is 11.1. The number of halogens is 1. The van der Waals surface area contributed by atoms with E-state index < -0.39 is 0 Å². The number of anilines is 3. The van der Waals surface area contributed by atoms with Gasteiger partial charge in [0.05, 0.1) is 22.1 Å². The van der Waals surface area contributed by atoms with E-state index in [0.29, 0.717) is 16.4 Å². The van der Waals surface area contributed by atoms with E-state index in [1.807, 2.05) is 6.07 Å². The number of nitrogens with one attached hydrogen (secondary N) is 1. The largest absolute Gasteiger partial charge is 0.397 e. The van der Waals surface area contributed by atoms with Gasteiger partial charge in [-0.1, -0.05) is 11.6 Å². The molecule has 0 atom stereocenters. The van der Waals surface area contributed by atoms with Crippen LogP contribution in [0.5, 0.6) is 0 Å². The Morgan fingerprint density at radius 2 is 2.00 bits per heavy atom. The Morgan fingerprint density at radius 1 is 1.33 bits per heavy atom. The first kappa shape index (κ1) is 13.0. The molecule has 18 heavy (non-hydrogen) atoms. The molecule has 3 N–H and O–H groups in total. The summed E-state index contributed by atoms with van der Waals surface area (Å²) in [6.07, 6.45) is 3.62. The van der Waals surface area contributed by atoms with Gasteiger partial charge >= 0.3 is 0 Å². The fourth-order valence-corrected chi connectivity index (χ4v) is 2.49. The summed E-state index contributed by atoms with van der Waals surface area (Å²) in [6, 6.07) is 3.57. The lowest BCUT2D eigenvalue weighted by Crippen LogP contribution is -2.30. The first-order valence-corrected chi connectivity index (χ1v) is 6.57. The maximum atomic E-state index is 11.1. The molecular formula is C13H18ClN3O. The molecule has 5 heteroatoms. The van der Waals surface area contributed by atoms with Crippen LogP contribution in [0.3, 0.4) is 0 Å². The van der Waals surface area contributed by atoms with Gasteiger partial charge in [0, 0.05) is 20.0 Å². The molecule has 1 aliphatic rings. The molecule has 0 saturated carbocycles. The predicted molar refractivity (Wildman–Crippen MR) is 76.2 cm³/mol. The summed E-state index contributed by atoms with van der Waals surface area (Å²) < 4.78 is 0. The van der Waals surface area contributed by atoms with Crippen molar-refractivity contribution >= 4 is 34.6 Å². The molecular weight excluding hydrogens is 250 g/mol. The minimum Gasteiger partial charge on any atom is -0.397 e. The van der Waals surface area contributed by atoms with Crippen LogP contribution in [0.25, 0.3) is 0 Å².